The summed E-state index contributed by atoms with van der Waals surface area (Å²) in [5.41, 5.74) is 1.26. The standard InChI is InChI=1S/C28H35N7O2/c1-18-14-24(32-16-21(18)26(36)34(3)23-7-5-4-6-22(23)30-2)33-25-15-20(10-12-31-25)35-13-11-28(17-29,27(35)37)19-8-9-19/h10,12,14-16,19,22-23,30H,4-9,11,13H2,1-3H3,(H,31,32,33)/t22-,23-,28-/m1/s1. The first kappa shape index (κ1) is 25.2. The fourth-order valence-corrected chi connectivity index (χ4v) is 6.02. The van der Waals surface area contributed by atoms with E-state index < -0.39 is 5.41 Å². The van der Waals surface area contributed by atoms with Crippen LogP contribution < -0.4 is 15.5 Å². The number of amides is 2. The summed E-state index contributed by atoms with van der Waals surface area (Å²) in [6, 6.07) is 8.26. The Kier molecular flexibility index (Phi) is 6.86. The summed E-state index contributed by atoms with van der Waals surface area (Å²) >= 11 is 0. The van der Waals surface area contributed by atoms with Crippen molar-refractivity contribution in [1.82, 2.24) is 20.2 Å². The minimum atomic E-state index is -0.879. The number of aromatic nitrogens is 2. The molecular formula is C28H35N7O2. The van der Waals surface area contributed by atoms with Crippen LogP contribution in [0.4, 0.5) is 17.3 Å². The van der Waals surface area contributed by atoms with Crippen LogP contribution >= 0.6 is 0 Å². The lowest BCUT2D eigenvalue weighted by Crippen LogP contribution is -2.51. The number of nitrogens with zero attached hydrogens (tertiary/aromatic N) is 5. The van der Waals surface area contributed by atoms with Gasteiger partial charge in [0.05, 0.1) is 11.6 Å². The molecule has 1 saturated heterocycles. The molecule has 194 valence electrons. The minimum absolute atomic E-state index is 0.0204. The third-order valence-electron chi connectivity index (χ3n) is 8.40. The topological polar surface area (TPSA) is 114 Å². The molecule has 2 amide bonds. The van der Waals surface area contributed by atoms with Crippen LogP contribution in [-0.2, 0) is 4.79 Å². The number of carbonyl (C=O) groups is 2. The molecule has 0 unspecified atom stereocenters. The minimum Gasteiger partial charge on any atom is -0.337 e. The van der Waals surface area contributed by atoms with Gasteiger partial charge in [-0.15, -0.1) is 0 Å². The summed E-state index contributed by atoms with van der Waals surface area (Å²) in [5, 5.41) is 16.3. The van der Waals surface area contributed by atoms with Crippen molar-refractivity contribution < 1.29 is 9.59 Å². The molecule has 9 nitrogen and oxygen atoms in total. The van der Waals surface area contributed by atoms with Crippen molar-refractivity contribution in [3.8, 4) is 6.07 Å². The van der Waals surface area contributed by atoms with Gasteiger partial charge in [0.1, 0.15) is 17.1 Å². The highest BCUT2D eigenvalue weighted by Crippen LogP contribution is 2.52. The Hall–Kier alpha value is -3.51. The molecule has 3 heterocycles. The van der Waals surface area contributed by atoms with Crippen LogP contribution in [0.15, 0.2) is 30.6 Å². The van der Waals surface area contributed by atoms with Gasteiger partial charge in [0.25, 0.3) is 5.91 Å². The number of carbonyl (C=O) groups excluding carboxylic acids is 2. The van der Waals surface area contributed by atoms with Gasteiger partial charge in [-0.25, -0.2) is 9.97 Å². The second kappa shape index (κ2) is 10.1. The first-order valence-electron chi connectivity index (χ1n) is 13.3. The number of rotatable bonds is 7. The van der Waals surface area contributed by atoms with Gasteiger partial charge in [-0.2, -0.15) is 5.26 Å². The van der Waals surface area contributed by atoms with E-state index in [0.717, 1.165) is 43.4 Å². The quantitative estimate of drug-likeness (QED) is 0.593. The Balaban J connectivity index is 1.29. The molecule has 3 aliphatic rings. The van der Waals surface area contributed by atoms with Crippen molar-refractivity contribution >= 4 is 29.1 Å². The highest BCUT2D eigenvalue weighted by Gasteiger charge is 2.56. The first-order chi connectivity index (χ1) is 17.9. The zero-order chi connectivity index (χ0) is 26.2. The van der Waals surface area contributed by atoms with Gasteiger partial charge < -0.3 is 20.4 Å². The number of likely N-dealkylation sites (N-methyl/N-ethyl adjacent to an activating group) is 2. The maximum absolute atomic E-state index is 13.3. The number of hydrogen-bond acceptors (Lipinski definition) is 7. The van der Waals surface area contributed by atoms with Crippen molar-refractivity contribution in [3.05, 3.63) is 41.7 Å². The molecule has 2 aliphatic carbocycles. The molecule has 3 fully saturated rings. The number of nitriles is 1. The summed E-state index contributed by atoms with van der Waals surface area (Å²) in [4.78, 5) is 38.9. The van der Waals surface area contributed by atoms with Gasteiger partial charge in [0.2, 0.25) is 5.91 Å². The smallest absolute Gasteiger partial charge is 0.255 e. The fraction of sp³-hybridized carbons (Fsp3) is 0.536. The maximum Gasteiger partial charge on any atom is 0.255 e. The van der Waals surface area contributed by atoms with Crippen LogP contribution in [-0.4, -0.2) is 59.4 Å². The van der Waals surface area contributed by atoms with Gasteiger partial charge in [0, 0.05) is 49.8 Å². The third-order valence-corrected chi connectivity index (χ3v) is 8.40. The average molecular weight is 502 g/mol. The molecule has 2 N–H and O–H groups in total. The fourth-order valence-electron chi connectivity index (χ4n) is 6.02. The van der Waals surface area contributed by atoms with Crippen molar-refractivity contribution in [2.75, 3.05) is 30.9 Å². The Labute approximate surface area is 218 Å². The van der Waals surface area contributed by atoms with Crippen LogP contribution in [0.25, 0.3) is 0 Å². The van der Waals surface area contributed by atoms with Gasteiger partial charge >= 0.3 is 0 Å². The summed E-state index contributed by atoms with van der Waals surface area (Å²) in [5.74, 6) is 1.18. The Bertz CT molecular complexity index is 1240. The molecule has 3 atom stereocenters. The molecule has 2 aromatic heterocycles. The lowest BCUT2D eigenvalue weighted by molar-refractivity contribution is -0.123. The molecule has 0 radical (unpaired) electrons. The largest absolute Gasteiger partial charge is 0.337 e. The highest BCUT2D eigenvalue weighted by molar-refractivity contribution is 6.02. The van der Waals surface area contributed by atoms with Gasteiger partial charge in [-0.3, -0.25) is 9.59 Å². The van der Waals surface area contributed by atoms with E-state index in [-0.39, 0.29) is 23.8 Å². The molecule has 9 heteroatoms. The van der Waals surface area contributed by atoms with E-state index in [9.17, 15) is 14.9 Å². The predicted octanol–water partition coefficient (Wildman–Crippen LogP) is 3.79. The van der Waals surface area contributed by atoms with E-state index in [4.69, 9.17) is 0 Å². The molecule has 2 aromatic rings. The van der Waals surface area contributed by atoms with Crippen LogP contribution in [0, 0.1) is 29.6 Å². The van der Waals surface area contributed by atoms with Crippen molar-refractivity contribution in [2.45, 2.75) is 64.0 Å². The van der Waals surface area contributed by atoms with E-state index in [0.29, 0.717) is 36.2 Å². The molecule has 0 spiro atoms. The maximum atomic E-state index is 13.3. The van der Waals surface area contributed by atoms with E-state index in [1.165, 1.54) is 6.42 Å². The second-order valence-corrected chi connectivity index (χ2v) is 10.6. The van der Waals surface area contributed by atoms with Crippen LogP contribution in [0.5, 0.6) is 0 Å². The van der Waals surface area contributed by atoms with Crippen LogP contribution in [0.3, 0.4) is 0 Å². The summed E-state index contributed by atoms with van der Waals surface area (Å²) in [7, 11) is 3.85. The molecule has 37 heavy (non-hydrogen) atoms. The van der Waals surface area contributed by atoms with Crippen LogP contribution in [0.1, 0.15) is 60.9 Å². The summed E-state index contributed by atoms with van der Waals surface area (Å²) < 4.78 is 0. The SMILES string of the molecule is CN[C@@H]1CCCC[C@H]1N(C)C(=O)c1cnc(Nc2cc(N3CC[C@@](C#N)(C4CC4)C3=O)ccn2)cc1C. The van der Waals surface area contributed by atoms with E-state index in [1.54, 1.807) is 23.4 Å². The normalized spacial score (nSPS) is 25.6. The highest BCUT2D eigenvalue weighted by atomic mass is 16.2. The number of aryl methyl sites for hydroxylation is 1. The van der Waals surface area contributed by atoms with Crippen molar-refractivity contribution in [1.29, 1.82) is 5.26 Å². The monoisotopic (exact) mass is 501 g/mol. The molecular weight excluding hydrogens is 466 g/mol. The molecule has 2 saturated carbocycles. The number of nitrogens with one attached hydrogen (secondary N) is 2. The zero-order valence-electron chi connectivity index (χ0n) is 21.8. The number of anilines is 3. The predicted molar refractivity (Wildman–Crippen MR) is 141 cm³/mol. The average Bonchev–Trinajstić information content (AvgIpc) is 3.71. The second-order valence-electron chi connectivity index (χ2n) is 10.6. The summed E-state index contributed by atoms with van der Waals surface area (Å²) in [6.07, 6.45) is 10.1. The van der Waals surface area contributed by atoms with Gasteiger partial charge in [-0.05, 0) is 69.7 Å². The molecule has 5 rings (SSSR count). The molecule has 0 bridgehead atoms. The van der Waals surface area contributed by atoms with Crippen LogP contribution in [0.2, 0.25) is 0 Å². The molecule has 0 aromatic carbocycles. The van der Waals surface area contributed by atoms with Crippen molar-refractivity contribution in [3.63, 3.8) is 0 Å². The van der Waals surface area contributed by atoms with E-state index >= 15 is 0 Å². The zero-order valence-corrected chi connectivity index (χ0v) is 21.8. The lowest BCUT2D eigenvalue weighted by atomic mass is 9.83. The van der Waals surface area contributed by atoms with Crippen molar-refractivity contribution in [2.24, 2.45) is 11.3 Å². The summed E-state index contributed by atoms with van der Waals surface area (Å²) in [6.45, 7) is 2.44. The lowest BCUT2D eigenvalue weighted by Gasteiger charge is -2.38. The number of pyridine rings is 2. The first-order valence-corrected chi connectivity index (χ1v) is 13.3. The third kappa shape index (κ3) is 4.66. The Morgan fingerprint density at radius 2 is 1.95 bits per heavy atom. The molecule has 1 aliphatic heterocycles. The Morgan fingerprint density at radius 3 is 2.65 bits per heavy atom. The van der Waals surface area contributed by atoms with E-state index in [2.05, 4.69) is 26.7 Å². The van der Waals surface area contributed by atoms with Gasteiger partial charge in [-0.1, -0.05) is 12.8 Å². The number of hydrogen-bond donors (Lipinski definition) is 2. The Morgan fingerprint density at radius 1 is 1.19 bits per heavy atom. The van der Waals surface area contributed by atoms with E-state index in [1.807, 2.05) is 38.1 Å². The van der Waals surface area contributed by atoms with Gasteiger partial charge in [0.15, 0.2) is 0 Å².